The molecule has 160 valence electrons. The Bertz CT molecular complexity index is 993. The fourth-order valence-corrected chi connectivity index (χ4v) is 4.32. The summed E-state index contributed by atoms with van der Waals surface area (Å²) in [6.45, 7) is 4.65. The van der Waals surface area contributed by atoms with Crippen LogP contribution in [-0.2, 0) is 4.79 Å². The molecule has 0 unspecified atom stereocenters. The Kier molecular flexibility index (Phi) is 5.52. The van der Waals surface area contributed by atoms with Crippen LogP contribution in [0.15, 0.2) is 59.3 Å². The molecule has 31 heavy (non-hydrogen) atoms. The smallest absolute Gasteiger partial charge is 0.324 e. The van der Waals surface area contributed by atoms with Crippen molar-refractivity contribution in [2.75, 3.05) is 49.1 Å². The van der Waals surface area contributed by atoms with Gasteiger partial charge < -0.3 is 19.2 Å². The summed E-state index contributed by atoms with van der Waals surface area (Å²) < 4.78 is 5.48. The molecular weight excluding hydrogens is 392 g/mol. The van der Waals surface area contributed by atoms with Crippen molar-refractivity contribution in [3.05, 3.63) is 54.7 Å². The van der Waals surface area contributed by atoms with E-state index in [1.54, 1.807) is 0 Å². The molecule has 2 aliphatic heterocycles. The first-order valence-electron chi connectivity index (χ1n) is 10.9. The highest BCUT2D eigenvalue weighted by Gasteiger charge is 2.32. The minimum absolute atomic E-state index is 0.0640. The summed E-state index contributed by atoms with van der Waals surface area (Å²) in [5.41, 5.74) is 0.937. The molecular formula is C23H26N6O2. The third-order valence-corrected chi connectivity index (χ3v) is 6.13. The molecule has 4 heterocycles. The lowest BCUT2D eigenvalue weighted by atomic mass is 9.95. The van der Waals surface area contributed by atoms with Gasteiger partial charge in [0.2, 0.25) is 11.7 Å². The zero-order valence-electron chi connectivity index (χ0n) is 17.4. The summed E-state index contributed by atoms with van der Waals surface area (Å²) in [5.74, 6) is 1.92. The van der Waals surface area contributed by atoms with E-state index in [0.29, 0.717) is 11.8 Å². The lowest BCUT2D eigenvalue weighted by Crippen LogP contribution is -2.52. The van der Waals surface area contributed by atoms with Crippen LogP contribution in [0.2, 0.25) is 0 Å². The summed E-state index contributed by atoms with van der Waals surface area (Å²) in [4.78, 5) is 28.4. The van der Waals surface area contributed by atoms with Gasteiger partial charge in [-0.1, -0.05) is 41.6 Å². The number of rotatable bonds is 4. The second-order valence-corrected chi connectivity index (χ2v) is 8.03. The molecule has 1 aromatic carbocycles. The maximum Gasteiger partial charge on any atom is 0.324 e. The maximum absolute atomic E-state index is 13.1. The zero-order valence-corrected chi connectivity index (χ0v) is 17.4. The molecule has 2 saturated heterocycles. The van der Waals surface area contributed by atoms with Crippen LogP contribution in [0.25, 0.3) is 11.4 Å². The largest absolute Gasteiger partial charge is 0.353 e. The van der Waals surface area contributed by atoms with E-state index in [0.717, 1.165) is 63.5 Å². The van der Waals surface area contributed by atoms with Gasteiger partial charge in [0.05, 0.1) is 0 Å². The number of anilines is 2. The van der Waals surface area contributed by atoms with Crippen LogP contribution < -0.4 is 9.80 Å². The van der Waals surface area contributed by atoms with Crippen molar-refractivity contribution >= 4 is 17.7 Å². The fraction of sp³-hybridized carbons (Fsp3) is 0.391. The quantitative estimate of drug-likeness (QED) is 0.645. The fourth-order valence-electron chi connectivity index (χ4n) is 4.32. The molecule has 0 radical (unpaired) electrons. The van der Waals surface area contributed by atoms with Crippen molar-refractivity contribution < 1.29 is 9.32 Å². The Hall–Kier alpha value is -3.42. The first kappa shape index (κ1) is 19.5. The number of carbonyl (C=O) groups excluding carboxylic acids is 1. The molecule has 2 aliphatic rings. The number of amides is 1. The van der Waals surface area contributed by atoms with Crippen molar-refractivity contribution in [1.82, 2.24) is 20.0 Å². The van der Waals surface area contributed by atoms with E-state index in [1.807, 2.05) is 59.6 Å². The molecule has 1 amide bonds. The summed E-state index contributed by atoms with van der Waals surface area (Å²) in [5, 5.41) is 4.11. The van der Waals surface area contributed by atoms with Gasteiger partial charge in [-0.25, -0.2) is 4.98 Å². The average Bonchev–Trinajstić information content (AvgIpc) is 3.35. The van der Waals surface area contributed by atoms with E-state index in [9.17, 15) is 4.79 Å². The Balaban J connectivity index is 1.13. The minimum Gasteiger partial charge on any atom is -0.353 e. The van der Waals surface area contributed by atoms with E-state index >= 15 is 0 Å². The predicted molar refractivity (Wildman–Crippen MR) is 118 cm³/mol. The van der Waals surface area contributed by atoms with Crippen LogP contribution in [0.3, 0.4) is 0 Å². The highest BCUT2D eigenvalue weighted by Crippen LogP contribution is 2.26. The molecule has 8 nitrogen and oxygen atoms in total. The van der Waals surface area contributed by atoms with E-state index in [2.05, 4.69) is 24.9 Å². The molecule has 0 saturated carbocycles. The van der Waals surface area contributed by atoms with Gasteiger partial charge in [0.1, 0.15) is 5.82 Å². The third-order valence-electron chi connectivity index (χ3n) is 6.13. The lowest BCUT2D eigenvalue weighted by molar-refractivity contribution is -0.136. The normalized spacial score (nSPS) is 17.7. The van der Waals surface area contributed by atoms with E-state index < -0.39 is 0 Å². The number of piperidine rings is 1. The Morgan fingerprint density at radius 2 is 1.61 bits per heavy atom. The number of pyridine rings is 1. The minimum atomic E-state index is 0.0640. The van der Waals surface area contributed by atoms with Crippen molar-refractivity contribution in [2.45, 2.75) is 12.8 Å². The Labute approximate surface area is 181 Å². The number of aromatic nitrogens is 3. The molecule has 0 atom stereocenters. The SMILES string of the molecule is O=C(C1CCN(c2nc(-c3ccccc3)no2)CC1)N1CCN(c2ccccn2)CC1. The van der Waals surface area contributed by atoms with E-state index in [-0.39, 0.29) is 11.8 Å². The molecule has 5 rings (SSSR count). The summed E-state index contributed by atoms with van der Waals surface area (Å²) >= 11 is 0. The van der Waals surface area contributed by atoms with E-state index in [1.165, 1.54) is 0 Å². The summed E-state index contributed by atoms with van der Waals surface area (Å²) in [6.07, 6.45) is 3.43. The molecule has 0 spiro atoms. The Morgan fingerprint density at radius 1 is 0.871 bits per heavy atom. The maximum atomic E-state index is 13.1. The molecule has 0 N–H and O–H groups in total. The topological polar surface area (TPSA) is 78.6 Å². The third kappa shape index (κ3) is 4.23. The zero-order chi connectivity index (χ0) is 21.0. The van der Waals surface area contributed by atoms with E-state index in [4.69, 9.17) is 4.52 Å². The highest BCUT2D eigenvalue weighted by molar-refractivity contribution is 5.79. The standard InChI is InChI=1S/C23H26N6O2/c30-22(28-16-14-27(15-17-28)20-8-4-5-11-24-20)19-9-12-29(13-10-19)23-25-21(26-31-23)18-6-2-1-3-7-18/h1-8,11,19H,9-10,12-17H2. The number of nitrogens with zero attached hydrogens (tertiary/aromatic N) is 6. The number of hydrogen-bond acceptors (Lipinski definition) is 7. The molecule has 0 bridgehead atoms. The molecule has 2 fully saturated rings. The predicted octanol–water partition coefficient (Wildman–Crippen LogP) is 2.70. The van der Waals surface area contributed by atoms with Gasteiger partial charge in [-0.2, -0.15) is 4.98 Å². The van der Waals surface area contributed by atoms with Gasteiger partial charge in [0, 0.05) is 56.9 Å². The van der Waals surface area contributed by atoms with Gasteiger partial charge >= 0.3 is 6.01 Å². The van der Waals surface area contributed by atoms with Gasteiger partial charge in [-0.05, 0) is 25.0 Å². The van der Waals surface area contributed by atoms with Crippen LogP contribution in [0, 0.1) is 5.92 Å². The van der Waals surface area contributed by atoms with Crippen LogP contribution in [-0.4, -0.2) is 65.2 Å². The first-order valence-corrected chi connectivity index (χ1v) is 10.9. The average molecular weight is 419 g/mol. The van der Waals surface area contributed by atoms with Gasteiger partial charge in [0.15, 0.2) is 0 Å². The highest BCUT2D eigenvalue weighted by atomic mass is 16.5. The lowest BCUT2D eigenvalue weighted by Gasteiger charge is -2.38. The number of benzene rings is 1. The molecule has 8 heteroatoms. The van der Waals surface area contributed by atoms with Gasteiger partial charge in [-0.15, -0.1) is 0 Å². The number of piperazine rings is 1. The van der Waals surface area contributed by atoms with Crippen molar-refractivity contribution in [3.63, 3.8) is 0 Å². The molecule has 2 aromatic heterocycles. The monoisotopic (exact) mass is 418 g/mol. The summed E-state index contributed by atoms with van der Waals surface area (Å²) in [7, 11) is 0. The van der Waals surface area contributed by atoms with Gasteiger partial charge in [0.25, 0.3) is 0 Å². The second kappa shape index (κ2) is 8.75. The van der Waals surface area contributed by atoms with Crippen LogP contribution in [0.1, 0.15) is 12.8 Å². The molecule has 3 aromatic rings. The number of carbonyl (C=O) groups is 1. The first-order chi connectivity index (χ1) is 15.3. The van der Waals surface area contributed by atoms with Crippen LogP contribution in [0.5, 0.6) is 0 Å². The summed E-state index contributed by atoms with van der Waals surface area (Å²) in [6, 6.07) is 16.3. The van der Waals surface area contributed by atoms with Crippen LogP contribution >= 0.6 is 0 Å². The molecule has 0 aliphatic carbocycles. The van der Waals surface area contributed by atoms with Gasteiger partial charge in [-0.3, -0.25) is 4.79 Å². The Morgan fingerprint density at radius 3 is 2.32 bits per heavy atom. The van der Waals surface area contributed by atoms with Crippen molar-refractivity contribution in [1.29, 1.82) is 0 Å². The van der Waals surface area contributed by atoms with Crippen molar-refractivity contribution in [3.8, 4) is 11.4 Å². The van der Waals surface area contributed by atoms with Crippen molar-refractivity contribution in [2.24, 2.45) is 5.92 Å². The number of hydrogen-bond donors (Lipinski definition) is 0. The van der Waals surface area contributed by atoms with Crippen LogP contribution in [0.4, 0.5) is 11.8 Å². The second-order valence-electron chi connectivity index (χ2n) is 8.03.